The second-order valence-corrected chi connectivity index (χ2v) is 3.94. The van der Waals surface area contributed by atoms with E-state index in [1.165, 1.54) is 0 Å². The minimum atomic E-state index is -0.441. The number of anilines is 1. The highest BCUT2D eigenvalue weighted by molar-refractivity contribution is 6.35. The van der Waals surface area contributed by atoms with Crippen LogP contribution in [0.2, 0.25) is 5.02 Å². The minimum absolute atomic E-state index is 0.249. The standard InChI is InChI=1S/C11H11ClN2O2/c1-2-8-10(15)14(11(16)13-8)9-6-4-3-5-7(9)12/h3-6,8H,2H2,1H3,(H,13,16). The molecular formula is C11H11ClN2O2. The first-order valence-electron chi connectivity index (χ1n) is 5.04. The predicted molar refractivity (Wildman–Crippen MR) is 61.5 cm³/mol. The fourth-order valence-electron chi connectivity index (χ4n) is 1.67. The largest absolute Gasteiger partial charge is 0.329 e. The number of para-hydroxylation sites is 1. The Hall–Kier alpha value is -1.55. The molecule has 0 aliphatic carbocycles. The van der Waals surface area contributed by atoms with Crippen molar-refractivity contribution >= 4 is 29.2 Å². The van der Waals surface area contributed by atoms with Crippen molar-refractivity contribution in [1.82, 2.24) is 5.32 Å². The van der Waals surface area contributed by atoms with Gasteiger partial charge in [-0.05, 0) is 18.6 Å². The van der Waals surface area contributed by atoms with Gasteiger partial charge in [-0.25, -0.2) is 9.69 Å². The molecule has 1 unspecified atom stereocenters. The smallest absolute Gasteiger partial charge is 0.325 e. The minimum Gasteiger partial charge on any atom is -0.325 e. The molecule has 1 fully saturated rings. The third-order valence-corrected chi connectivity index (χ3v) is 2.84. The summed E-state index contributed by atoms with van der Waals surface area (Å²) in [4.78, 5) is 24.6. The molecule has 1 aliphatic heterocycles. The number of nitrogens with zero attached hydrogens (tertiary/aromatic N) is 1. The topological polar surface area (TPSA) is 49.4 Å². The summed E-state index contributed by atoms with van der Waals surface area (Å²) in [5.74, 6) is -0.249. The number of carbonyl (C=O) groups is 2. The van der Waals surface area contributed by atoms with E-state index in [4.69, 9.17) is 11.6 Å². The molecule has 16 heavy (non-hydrogen) atoms. The normalized spacial score (nSPS) is 20.1. The summed E-state index contributed by atoms with van der Waals surface area (Å²) in [5.41, 5.74) is 0.433. The van der Waals surface area contributed by atoms with Crippen LogP contribution in [0.1, 0.15) is 13.3 Å². The molecule has 1 heterocycles. The summed E-state index contributed by atoms with van der Waals surface area (Å²) in [5, 5.41) is 3.00. The number of hydrogen-bond donors (Lipinski definition) is 1. The van der Waals surface area contributed by atoms with Gasteiger partial charge in [-0.15, -0.1) is 0 Å². The molecule has 4 nitrogen and oxygen atoms in total. The van der Waals surface area contributed by atoms with Crippen LogP contribution in [0.3, 0.4) is 0 Å². The maximum atomic E-state index is 11.9. The van der Waals surface area contributed by atoms with Crippen LogP contribution >= 0.6 is 11.6 Å². The Bertz CT molecular complexity index is 447. The van der Waals surface area contributed by atoms with Crippen LogP contribution in [0, 0.1) is 0 Å². The van der Waals surface area contributed by atoms with Gasteiger partial charge in [0.15, 0.2) is 0 Å². The molecule has 84 valence electrons. The molecule has 1 aromatic carbocycles. The summed E-state index contributed by atoms with van der Waals surface area (Å²) in [7, 11) is 0. The van der Waals surface area contributed by atoms with E-state index in [0.29, 0.717) is 17.1 Å². The lowest BCUT2D eigenvalue weighted by Gasteiger charge is -2.13. The molecular weight excluding hydrogens is 228 g/mol. The summed E-state index contributed by atoms with van der Waals surface area (Å²) in [6.07, 6.45) is 0.575. The highest BCUT2D eigenvalue weighted by Crippen LogP contribution is 2.28. The molecule has 0 aromatic heterocycles. The van der Waals surface area contributed by atoms with Crippen LogP contribution in [-0.2, 0) is 4.79 Å². The van der Waals surface area contributed by atoms with Crippen LogP contribution in [0.25, 0.3) is 0 Å². The Morgan fingerprint density at radius 1 is 1.38 bits per heavy atom. The molecule has 2 rings (SSSR count). The third-order valence-electron chi connectivity index (χ3n) is 2.52. The van der Waals surface area contributed by atoms with Crippen molar-refractivity contribution in [2.45, 2.75) is 19.4 Å². The number of benzene rings is 1. The second kappa shape index (κ2) is 4.14. The summed E-state index contributed by atoms with van der Waals surface area (Å²) in [6, 6.07) is 5.94. The molecule has 5 heteroatoms. The van der Waals surface area contributed by atoms with E-state index in [1.54, 1.807) is 24.3 Å². The van der Waals surface area contributed by atoms with E-state index in [1.807, 2.05) is 6.92 Å². The maximum absolute atomic E-state index is 11.9. The number of hydrogen-bond acceptors (Lipinski definition) is 2. The Labute approximate surface area is 98.2 Å². The molecule has 3 amide bonds. The van der Waals surface area contributed by atoms with E-state index < -0.39 is 12.1 Å². The van der Waals surface area contributed by atoms with Crippen LogP contribution in [0.15, 0.2) is 24.3 Å². The first kappa shape index (κ1) is 11.0. The van der Waals surface area contributed by atoms with Gasteiger partial charge >= 0.3 is 6.03 Å². The zero-order chi connectivity index (χ0) is 11.7. The van der Waals surface area contributed by atoms with Crippen molar-refractivity contribution in [3.05, 3.63) is 29.3 Å². The van der Waals surface area contributed by atoms with Gasteiger partial charge in [0.2, 0.25) is 0 Å². The fourth-order valence-corrected chi connectivity index (χ4v) is 1.89. The van der Waals surface area contributed by atoms with Crippen molar-refractivity contribution in [3.63, 3.8) is 0 Å². The van der Waals surface area contributed by atoms with Gasteiger partial charge in [0.05, 0.1) is 10.7 Å². The van der Waals surface area contributed by atoms with Crippen LogP contribution < -0.4 is 10.2 Å². The van der Waals surface area contributed by atoms with Gasteiger partial charge in [0.1, 0.15) is 6.04 Å². The predicted octanol–water partition coefficient (Wildman–Crippen LogP) is 2.17. The Balaban J connectivity index is 2.39. The Morgan fingerprint density at radius 3 is 2.62 bits per heavy atom. The van der Waals surface area contributed by atoms with Crippen molar-refractivity contribution in [2.24, 2.45) is 0 Å². The van der Waals surface area contributed by atoms with Crippen LogP contribution in [0.5, 0.6) is 0 Å². The van der Waals surface area contributed by atoms with E-state index in [-0.39, 0.29) is 5.91 Å². The lowest BCUT2D eigenvalue weighted by atomic mass is 10.2. The van der Waals surface area contributed by atoms with E-state index in [9.17, 15) is 9.59 Å². The second-order valence-electron chi connectivity index (χ2n) is 3.54. The number of rotatable bonds is 2. The molecule has 0 bridgehead atoms. The summed E-state index contributed by atoms with van der Waals surface area (Å²) < 4.78 is 0. The summed E-state index contributed by atoms with van der Waals surface area (Å²) in [6.45, 7) is 1.85. The van der Waals surface area contributed by atoms with E-state index in [0.717, 1.165) is 4.90 Å². The monoisotopic (exact) mass is 238 g/mol. The Morgan fingerprint density at radius 2 is 2.06 bits per heavy atom. The van der Waals surface area contributed by atoms with Gasteiger partial charge in [-0.2, -0.15) is 0 Å². The molecule has 1 aromatic rings. The van der Waals surface area contributed by atoms with Crippen molar-refractivity contribution in [3.8, 4) is 0 Å². The van der Waals surface area contributed by atoms with Crippen molar-refractivity contribution in [1.29, 1.82) is 0 Å². The zero-order valence-corrected chi connectivity index (χ0v) is 9.49. The lowest BCUT2D eigenvalue weighted by molar-refractivity contribution is -0.118. The highest BCUT2D eigenvalue weighted by atomic mass is 35.5. The average molecular weight is 239 g/mol. The van der Waals surface area contributed by atoms with Gasteiger partial charge in [0, 0.05) is 0 Å². The average Bonchev–Trinajstić information content (AvgIpc) is 2.55. The van der Waals surface area contributed by atoms with Gasteiger partial charge in [-0.1, -0.05) is 30.7 Å². The Kier molecular flexibility index (Phi) is 2.83. The van der Waals surface area contributed by atoms with Crippen molar-refractivity contribution in [2.75, 3.05) is 4.90 Å². The number of halogens is 1. The van der Waals surface area contributed by atoms with Gasteiger partial charge in [0.25, 0.3) is 5.91 Å². The molecule has 0 saturated carbocycles. The number of imide groups is 1. The van der Waals surface area contributed by atoms with Crippen LogP contribution in [0.4, 0.5) is 10.5 Å². The van der Waals surface area contributed by atoms with E-state index in [2.05, 4.69) is 5.32 Å². The molecule has 1 saturated heterocycles. The SMILES string of the molecule is CCC1NC(=O)N(c2ccccc2Cl)C1=O. The number of urea groups is 1. The van der Waals surface area contributed by atoms with Crippen LogP contribution in [-0.4, -0.2) is 18.0 Å². The number of carbonyl (C=O) groups excluding carboxylic acids is 2. The van der Waals surface area contributed by atoms with Crippen molar-refractivity contribution < 1.29 is 9.59 Å². The molecule has 1 atom stereocenters. The number of amides is 3. The highest BCUT2D eigenvalue weighted by Gasteiger charge is 2.38. The zero-order valence-electron chi connectivity index (χ0n) is 8.74. The summed E-state index contributed by atoms with van der Waals surface area (Å²) >= 11 is 5.95. The quantitative estimate of drug-likeness (QED) is 0.803. The van der Waals surface area contributed by atoms with Gasteiger partial charge in [-0.3, -0.25) is 4.79 Å². The molecule has 0 radical (unpaired) electrons. The van der Waals surface area contributed by atoms with E-state index >= 15 is 0 Å². The number of nitrogens with one attached hydrogen (secondary N) is 1. The molecule has 1 N–H and O–H groups in total. The molecule has 0 spiro atoms. The third kappa shape index (κ3) is 1.65. The first-order chi connectivity index (χ1) is 7.65. The lowest BCUT2D eigenvalue weighted by Crippen LogP contribution is -2.31. The maximum Gasteiger partial charge on any atom is 0.329 e. The fraction of sp³-hybridized carbons (Fsp3) is 0.273. The molecule has 1 aliphatic rings. The van der Waals surface area contributed by atoms with Gasteiger partial charge < -0.3 is 5.32 Å². The first-order valence-corrected chi connectivity index (χ1v) is 5.42.